The zero-order valence-electron chi connectivity index (χ0n) is 16.5. The van der Waals surface area contributed by atoms with E-state index in [0.717, 1.165) is 12.0 Å². The molecule has 0 fully saturated rings. The van der Waals surface area contributed by atoms with Gasteiger partial charge in [0, 0.05) is 5.92 Å². The molecule has 0 amide bonds. The monoisotopic (exact) mass is 380 g/mol. The van der Waals surface area contributed by atoms with Crippen molar-refractivity contribution in [2.75, 3.05) is 13.2 Å². The summed E-state index contributed by atoms with van der Waals surface area (Å²) in [5.41, 5.74) is 2.13. The fourth-order valence-corrected chi connectivity index (χ4v) is 3.13. The van der Waals surface area contributed by atoms with E-state index in [1.54, 1.807) is 13.8 Å². The van der Waals surface area contributed by atoms with Gasteiger partial charge in [0.05, 0.1) is 13.2 Å². The third-order valence-corrected chi connectivity index (χ3v) is 4.46. The summed E-state index contributed by atoms with van der Waals surface area (Å²) in [4.78, 5) is 25.2. The lowest BCUT2D eigenvalue weighted by molar-refractivity contribution is -0.162. The maximum atomic E-state index is 12.6. The Morgan fingerprint density at radius 3 is 1.89 bits per heavy atom. The molecule has 0 saturated carbocycles. The lowest BCUT2D eigenvalue weighted by atomic mass is 9.83. The Morgan fingerprint density at radius 1 is 0.821 bits per heavy atom. The summed E-state index contributed by atoms with van der Waals surface area (Å²) in [5, 5.41) is 0. The van der Waals surface area contributed by atoms with Gasteiger partial charge in [-0.25, -0.2) is 0 Å². The normalized spacial score (nSPS) is 12.1. The van der Waals surface area contributed by atoms with Crippen LogP contribution in [0, 0.1) is 5.92 Å². The molecule has 0 aromatic heterocycles. The largest absolute Gasteiger partial charge is 0.465 e. The maximum absolute atomic E-state index is 12.6. The maximum Gasteiger partial charge on any atom is 0.320 e. The summed E-state index contributed by atoms with van der Waals surface area (Å²) in [5.74, 6) is -2.40. The van der Waals surface area contributed by atoms with Crippen LogP contribution in [0.3, 0.4) is 0 Å². The van der Waals surface area contributed by atoms with Gasteiger partial charge in [0.1, 0.15) is 0 Å². The highest BCUT2D eigenvalue weighted by atomic mass is 16.6. The first-order chi connectivity index (χ1) is 13.7. The van der Waals surface area contributed by atoms with E-state index in [0.29, 0.717) is 6.42 Å². The first-order valence-corrected chi connectivity index (χ1v) is 9.74. The summed E-state index contributed by atoms with van der Waals surface area (Å²) >= 11 is 0. The molecule has 0 radical (unpaired) electrons. The number of benzene rings is 2. The highest BCUT2D eigenvalue weighted by Crippen LogP contribution is 2.31. The van der Waals surface area contributed by atoms with E-state index < -0.39 is 17.9 Å². The van der Waals surface area contributed by atoms with Gasteiger partial charge in [-0.3, -0.25) is 9.59 Å². The van der Waals surface area contributed by atoms with Gasteiger partial charge in [0.25, 0.3) is 0 Å². The van der Waals surface area contributed by atoms with Crippen molar-refractivity contribution in [3.63, 3.8) is 0 Å². The molecule has 4 nitrogen and oxygen atoms in total. The van der Waals surface area contributed by atoms with Crippen LogP contribution < -0.4 is 0 Å². The molecule has 0 saturated heterocycles. The fraction of sp³-hybridized carbons (Fsp3) is 0.333. The van der Waals surface area contributed by atoms with Crippen molar-refractivity contribution in [2.24, 2.45) is 5.92 Å². The van der Waals surface area contributed by atoms with Crippen LogP contribution in [0.1, 0.15) is 37.3 Å². The Hall–Kier alpha value is -2.88. The van der Waals surface area contributed by atoms with E-state index in [2.05, 4.69) is 18.2 Å². The Morgan fingerprint density at radius 2 is 1.36 bits per heavy atom. The van der Waals surface area contributed by atoms with Crippen LogP contribution >= 0.6 is 0 Å². The summed E-state index contributed by atoms with van der Waals surface area (Å²) in [7, 11) is 0. The van der Waals surface area contributed by atoms with Crippen LogP contribution in [0.25, 0.3) is 0 Å². The number of ether oxygens (including phenoxy) is 2. The summed E-state index contributed by atoms with van der Waals surface area (Å²) < 4.78 is 10.4. The summed E-state index contributed by atoms with van der Waals surface area (Å²) in [6, 6.07) is 19.7. The quantitative estimate of drug-likeness (QED) is 0.340. The molecule has 148 valence electrons. The van der Waals surface area contributed by atoms with Crippen LogP contribution in [0.4, 0.5) is 0 Å². The van der Waals surface area contributed by atoms with E-state index in [9.17, 15) is 9.59 Å². The van der Waals surface area contributed by atoms with Gasteiger partial charge in [-0.1, -0.05) is 72.8 Å². The predicted molar refractivity (Wildman–Crippen MR) is 110 cm³/mol. The van der Waals surface area contributed by atoms with Crippen LogP contribution in [-0.4, -0.2) is 25.2 Å². The van der Waals surface area contributed by atoms with Gasteiger partial charge in [-0.2, -0.15) is 0 Å². The number of carbonyl (C=O) groups excluding carboxylic acids is 2. The van der Waals surface area contributed by atoms with Crippen LogP contribution in [0.15, 0.2) is 72.8 Å². The molecule has 2 rings (SSSR count). The molecule has 0 aliphatic rings. The zero-order chi connectivity index (χ0) is 20.2. The van der Waals surface area contributed by atoms with Gasteiger partial charge in [0.2, 0.25) is 0 Å². The van der Waals surface area contributed by atoms with Crippen molar-refractivity contribution in [1.82, 2.24) is 0 Å². The van der Waals surface area contributed by atoms with Crippen LogP contribution in [0.2, 0.25) is 0 Å². The minimum Gasteiger partial charge on any atom is -0.465 e. The molecule has 0 aliphatic heterocycles. The average molecular weight is 380 g/mol. The molecule has 1 atom stereocenters. The van der Waals surface area contributed by atoms with Gasteiger partial charge in [-0.05, 0) is 37.8 Å². The highest BCUT2D eigenvalue weighted by Gasteiger charge is 2.37. The molecule has 2 aromatic carbocycles. The molecule has 0 bridgehead atoms. The number of hydrogen-bond acceptors (Lipinski definition) is 4. The van der Waals surface area contributed by atoms with E-state index in [-0.39, 0.29) is 19.1 Å². The minimum absolute atomic E-state index is 0.222. The fourth-order valence-electron chi connectivity index (χ4n) is 3.13. The van der Waals surface area contributed by atoms with Gasteiger partial charge in [-0.15, -0.1) is 0 Å². The number of esters is 2. The van der Waals surface area contributed by atoms with Crippen molar-refractivity contribution >= 4 is 11.9 Å². The standard InChI is InChI=1S/C24H28O4/c1-3-27-23(25)22(24(26)28-4-2)21(20-16-9-6-10-17-20)18-12-11-15-19-13-7-5-8-14-19/h5-14,16-17,21-22H,3-4,15,18H2,1-2H3/b12-11+/t21-/m1/s1. The second-order valence-corrected chi connectivity index (χ2v) is 6.40. The Labute approximate surface area is 167 Å². The second kappa shape index (κ2) is 11.8. The minimum atomic E-state index is -0.983. The van der Waals surface area contributed by atoms with Crippen molar-refractivity contribution in [1.29, 1.82) is 0 Å². The molecule has 4 heteroatoms. The first-order valence-electron chi connectivity index (χ1n) is 9.74. The molecule has 0 heterocycles. The Balaban J connectivity index is 2.23. The molecule has 28 heavy (non-hydrogen) atoms. The summed E-state index contributed by atoms with van der Waals surface area (Å²) in [6.07, 6.45) is 5.43. The van der Waals surface area contributed by atoms with E-state index in [4.69, 9.17) is 9.47 Å². The average Bonchev–Trinajstić information content (AvgIpc) is 2.72. The Kier molecular flexibility index (Phi) is 8.99. The first kappa shape index (κ1) is 21.4. The molecule has 0 aliphatic carbocycles. The lowest BCUT2D eigenvalue weighted by Gasteiger charge is -2.23. The topological polar surface area (TPSA) is 52.6 Å². The van der Waals surface area contributed by atoms with Crippen LogP contribution in [-0.2, 0) is 25.5 Å². The van der Waals surface area contributed by atoms with Crippen molar-refractivity contribution in [3.8, 4) is 0 Å². The highest BCUT2D eigenvalue weighted by molar-refractivity contribution is 5.96. The van der Waals surface area contributed by atoms with E-state index >= 15 is 0 Å². The number of carbonyl (C=O) groups is 2. The molecule has 0 spiro atoms. The molecule has 2 aromatic rings. The smallest absolute Gasteiger partial charge is 0.320 e. The number of rotatable bonds is 10. The third-order valence-electron chi connectivity index (χ3n) is 4.46. The SMILES string of the molecule is CCOC(=O)C(C(=O)OCC)[C@H](C/C=C/Cc1ccccc1)c1ccccc1. The zero-order valence-corrected chi connectivity index (χ0v) is 16.5. The van der Waals surface area contributed by atoms with Gasteiger partial charge < -0.3 is 9.47 Å². The third kappa shape index (κ3) is 6.38. The predicted octanol–water partition coefficient (Wildman–Crippen LogP) is 4.70. The molecular formula is C24H28O4. The van der Waals surface area contributed by atoms with Crippen LogP contribution in [0.5, 0.6) is 0 Å². The number of allylic oxidation sites excluding steroid dienone is 2. The van der Waals surface area contributed by atoms with Crippen molar-refractivity contribution < 1.29 is 19.1 Å². The Bertz CT molecular complexity index is 735. The van der Waals surface area contributed by atoms with E-state index in [1.807, 2.05) is 54.6 Å². The number of hydrogen-bond donors (Lipinski definition) is 0. The van der Waals surface area contributed by atoms with Crippen molar-refractivity contribution in [3.05, 3.63) is 83.9 Å². The summed E-state index contributed by atoms with van der Waals surface area (Å²) in [6.45, 7) is 3.91. The molecule has 0 unspecified atom stereocenters. The molecular weight excluding hydrogens is 352 g/mol. The second-order valence-electron chi connectivity index (χ2n) is 6.40. The molecule has 0 N–H and O–H groups in total. The van der Waals surface area contributed by atoms with E-state index in [1.165, 1.54) is 5.56 Å². The van der Waals surface area contributed by atoms with Crippen molar-refractivity contribution in [2.45, 2.75) is 32.6 Å². The van der Waals surface area contributed by atoms with Gasteiger partial charge >= 0.3 is 11.9 Å². The lowest BCUT2D eigenvalue weighted by Crippen LogP contribution is -2.33. The van der Waals surface area contributed by atoms with Gasteiger partial charge in [0.15, 0.2) is 5.92 Å².